The van der Waals surface area contributed by atoms with E-state index in [0.29, 0.717) is 0 Å². The monoisotopic (exact) mass is 214 g/mol. The molecule has 1 aromatic heterocycles. The fraction of sp³-hybridized carbons (Fsp3) is 0.556. The van der Waals surface area contributed by atoms with Gasteiger partial charge in [0.15, 0.2) is 0 Å². The van der Waals surface area contributed by atoms with Crippen LogP contribution in [0, 0.1) is 13.8 Å². The number of nitrogens with zero attached hydrogens (tertiary/aromatic N) is 2. The van der Waals surface area contributed by atoms with Gasteiger partial charge in [0, 0.05) is 12.7 Å². The number of aromatic nitrogens is 2. The molecule has 0 aromatic carbocycles. The van der Waals surface area contributed by atoms with E-state index in [9.17, 15) is 4.79 Å². The Hall–Kier alpha value is -0.970. The van der Waals surface area contributed by atoms with Crippen molar-refractivity contribution < 1.29 is 9.90 Å². The number of hydrogen-bond acceptors (Lipinski definition) is 3. The number of aryl methyl sites for hydroxylation is 2. The Morgan fingerprint density at radius 2 is 2.14 bits per heavy atom. The summed E-state index contributed by atoms with van der Waals surface area (Å²) < 4.78 is 1.77. The normalized spacial score (nSPS) is 12.9. The van der Waals surface area contributed by atoms with E-state index < -0.39 is 11.2 Å². The van der Waals surface area contributed by atoms with Crippen molar-refractivity contribution in [1.29, 1.82) is 0 Å². The zero-order valence-corrected chi connectivity index (χ0v) is 9.55. The van der Waals surface area contributed by atoms with E-state index in [4.69, 9.17) is 5.11 Å². The molecule has 0 saturated carbocycles. The van der Waals surface area contributed by atoms with Crippen molar-refractivity contribution in [3.8, 4) is 0 Å². The largest absolute Gasteiger partial charge is 0.480 e. The Balaban J connectivity index is 2.91. The molecule has 0 radical (unpaired) electrons. The maximum atomic E-state index is 10.7. The molecule has 0 spiro atoms. The molecule has 0 fully saturated rings. The van der Waals surface area contributed by atoms with Crippen molar-refractivity contribution in [2.24, 2.45) is 7.05 Å². The van der Waals surface area contributed by atoms with Gasteiger partial charge in [0.05, 0.1) is 10.6 Å². The molecule has 0 aliphatic heterocycles. The van der Waals surface area contributed by atoms with E-state index in [1.165, 1.54) is 11.8 Å². The maximum Gasteiger partial charge on any atom is 0.316 e. The number of rotatable bonds is 3. The van der Waals surface area contributed by atoms with E-state index in [0.717, 1.165) is 16.3 Å². The molecule has 0 saturated heterocycles. The molecule has 0 aliphatic carbocycles. The smallest absolute Gasteiger partial charge is 0.316 e. The summed E-state index contributed by atoms with van der Waals surface area (Å²) >= 11 is 1.34. The number of carboxylic acids is 1. The van der Waals surface area contributed by atoms with Crippen molar-refractivity contribution in [3.05, 3.63) is 11.4 Å². The summed E-state index contributed by atoms with van der Waals surface area (Å²) in [6, 6.07) is 0. The van der Waals surface area contributed by atoms with Crippen LogP contribution in [0.15, 0.2) is 4.90 Å². The summed E-state index contributed by atoms with van der Waals surface area (Å²) in [6.07, 6.45) is 0. The molecule has 1 N–H and O–H groups in total. The van der Waals surface area contributed by atoms with Gasteiger partial charge in [-0.3, -0.25) is 9.48 Å². The van der Waals surface area contributed by atoms with E-state index >= 15 is 0 Å². The first-order valence-corrected chi connectivity index (χ1v) is 5.21. The van der Waals surface area contributed by atoms with Crippen LogP contribution in [0.3, 0.4) is 0 Å². The highest BCUT2D eigenvalue weighted by atomic mass is 32.2. The lowest BCUT2D eigenvalue weighted by Gasteiger charge is -2.05. The topological polar surface area (TPSA) is 55.1 Å². The van der Waals surface area contributed by atoms with Crippen LogP contribution < -0.4 is 0 Å². The average molecular weight is 214 g/mol. The average Bonchev–Trinajstić information content (AvgIpc) is 2.32. The molecule has 1 aromatic rings. The standard InChI is InChI=1S/C9H14N2O2S/c1-5-8(6(2)11(4)10-5)14-7(3)9(12)13/h7H,1-4H3,(H,12,13)/t7-/m1/s1. The molecular formula is C9H14N2O2S. The van der Waals surface area contributed by atoms with Crippen molar-refractivity contribution in [1.82, 2.24) is 9.78 Å². The minimum atomic E-state index is -0.794. The van der Waals surface area contributed by atoms with Crippen molar-refractivity contribution in [2.75, 3.05) is 0 Å². The van der Waals surface area contributed by atoms with Gasteiger partial charge in [-0.1, -0.05) is 0 Å². The Morgan fingerprint density at radius 3 is 2.50 bits per heavy atom. The van der Waals surface area contributed by atoms with E-state index in [-0.39, 0.29) is 0 Å². The Labute approximate surface area is 87.3 Å². The van der Waals surface area contributed by atoms with Crippen molar-refractivity contribution in [2.45, 2.75) is 30.9 Å². The predicted molar refractivity (Wildman–Crippen MR) is 55.6 cm³/mol. The van der Waals surface area contributed by atoms with Crippen LogP contribution >= 0.6 is 11.8 Å². The minimum Gasteiger partial charge on any atom is -0.480 e. The molecule has 0 amide bonds. The second-order valence-corrected chi connectivity index (χ2v) is 4.57. The third-order valence-electron chi connectivity index (χ3n) is 2.09. The number of thioether (sulfide) groups is 1. The number of aliphatic carboxylic acids is 1. The van der Waals surface area contributed by atoms with Gasteiger partial charge in [-0.25, -0.2) is 0 Å². The highest BCUT2D eigenvalue weighted by Gasteiger charge is 2.17. The summed E-state index contributed by atoms with van der Waals surface area (Å²) in [7, 11) is 1.86. The van der Waals surface area contributed by atoms with Crippen LogP contribution in [-0.4, -0.2) is 26.1 Å². The quantitative estimate of drug-likeness (QED) is 0.776. The van der Waals surface area contributed by atoms with Crippen molar-refractivity contribution >= 4 is 17.7 Å². The Morgan fingerprint density at radius 1 is 1.57 bits per heavy atom. The van der Waals surface area contributed by atoms with E-state index in [2.05, 4.69) is 5.10 Å². The van der Waals surface area contributed by atoms with Gasteiger partial charge in [-0.05, 0) is 20.8 Å². The zero-order valence-electron chi connectivity index (χ0n) is 8.74. The fourth-order valence-electron chi connectivity index (χ4n) is 1.15. The molecule has 0 aliphatic rings. The maximum absolute atomic E-state index is 10.7. The molecule has 1 heterocycles. The van der Waals surface area contributed by atoms with Gasteiger partial charge in [0.25, 0.3) is 0 Å². The predicted octanol–water partition coefficient (Wildman–Crippen LogP) is 1.60. The first kappa shape index (κ1) is 11.1. The molecule has 0 unspecified atom stereocenters. The molecule has 14 heavy (non-hydrogen) atoms. The van der Waals surface area contributed by atoms with Gasteiger partial charge in [0.1, 0.15) is 5.25 Å². The van der Waals surface area contributed by atoms with Crippen LogP contribution in [0.4, 0.5) is 0 Å². The number of carboxylic acid groups (broad SMARTS) is 1. The SMILES string of the molecule is Cc1nn(C)c(C)c1S[C@H](C)C(=O)O. The first-order valence-electron chi connectivity index (χ1n) is 4.33. The second kappa shape index (κ2) is 4.04. The van der Waals surface area contributed by atoms with Crippen LogP contribution in [0.2, 0.25) is 0 Å². The van der Waals surface area contributed by atoms with Crippen LogP contribution in [-0.2, 0) is 11.8 Å². The van der Waals surface area contributed by atoms with Gasteiger partial charge < -0.3 is 5.11 Å². The minimum absolute atomic E-state index is 0.434. The van der Waals surface area contributed by atoms with Gasteiger partial charge in [0.2, 0.25) is 0 Å². The highest BCUT2D eigenvalue weighted by molar-refractivity contribution is 8.00. The fourth-order valence-corrected chi connectivity index (χ4v) is 2.12. The highest BCUT2D eigenvalue weighted by Crippen LogP contribution is 2.29. The summed E-state index contributed by atoms with van der Waals surface area (Å²) in [4.78, 5) is 11.7. The van der Waals surface area contributed by atoms with Crippen LogP contribution in [0.5, 0.6) is 0 Å². The summed E-state index contributed by atoms with van der Waals surface area (Å²) in [5, 5.41) is 12.6. The second-order valence-electron chi connectivity index (χ2n) is 3.22. The molecule has 78 valence electrons. The summed E-state index contributed by atoms with van der Waals surface area (Å²) in [5.41, 5.74) is 1.91. The van der Waals surface area contributed by atoms with E-state index in [1.807, 2.05) is 20.9 Å². The van der Waals surface area contributed by atoms with E-state index in [1.54, 1.807) is 11.6 Å². The molecule has 1 atom stereocenters. The lowest BCUT2D eigenvalue weighted by molar-refractivity contribution is -0.136. The van der Waals surface area contributed by atoms with Crippen LogP contribution in [0.1, 0.15) is 18.3 Å². The Kier molecular flexibility index (Phi) is 3.21. The number of hydrogen-bond donors (Lipinski definition) is 1. The third-order valence-corrected chi connectivity index (χ3v) is 3.47. The summed E-state index contributed by atoms with van der Waals surface area (Å²) in [6.45, 7) is 5.51. The molecule has 0 bridgehead atoms. The Bertz CT molecular complexity index is 360. The first-order chi connectivity index (χ1) is 6.43. The molecule has 5 heteroatoms. The van der Waals surface area contributed by atoms with Gasteiger partial charge >= 0.3 is 5.97 Å². The lowest BCUT2D eigenvalue weighted by Crippen LogP contribution is -2.11. The molecule has 4 nitrogen and oxygen atoms in total. The van der Waals surface area contributed by atoms with Crippen molar-refractivity contribution in [3.63, 3.8) is 0 Å². The summed E-state index contributed by atoms with van der Waals surface area (Å²) in [5.74, 6) is -0.794. The van der Waals surface area contributed by atoms with Gasteiger partial charge in [-0.15, -0.1) is 11.8 Å². The number of carbonyl (C=O) groups is 1. The zero-order chi connectivity index (χ0) is 10.9. The third kappa shape index (κ3) is 2.09. The van der Waals surface area contributed by atoms with Gasteiger partial charge in [-0.2, -0.15) is 5.10 Å². The lowest BCUT2D eigenvalue weighted by atomic mass is 10.4. The molecule has 1 rings (SSSR count). The van der Waals surface area contributed by atoms with Crippen LogP contribution in [0.25, 0.3) is 0 Å². The molecular weight excluding hydrogens is 200 g/mol.